The highest BCUT2D eigenvalue weighted by Gasteiger charge is 2.34. The molecule has 0 unspecified atom stereocenters. The van der Waals surface area contributed by atoms with Crippen molar-refractivity contribution in [3.8, 4) is 0 Å². The molecule has 2 aromatic rings. The van der Waals surface area contributed by atoms with Crippen molar-refractivity contribution in [2.45, 2.75) is 25.6 Å². The van der Waals surface area contributed by atoms with Gasteiger partial charge < -0.3 is 5.32 Å². The normalized spacial score (nSPS) is 18.3. The number of nitrogens with zero attached hydrogens (tertiary/aromatic N) is 1. The van der Waals surface area contributed by atoms with Crippen LogP contribution in [-0.2, 0) is 17.5 Å². The van der Waals surface area contributed by atoms with Crippen molar-refractivity contribution in [2.24, 2.45) is 5.92 Å². The second kappa shape index (κ2) is 8.08. The third-order valence-electron chi connectivity index (χ3n) is 4.69. The van der Waals surface area contributed by atoms with Gasteiger partial charge in [0.1, 0.15) is 5.82 Å². The topological polar surface area (TPSA) is 32.3 Å². The van der Waals surface area contributed by atoms with Gasteiger partial charge in [-0.1, -0.05) is 24.3 Å². The van der Waals surface area contributed by atoms with Crippen LogP contribution in [0.5, 0.6) is 0 Å². The van der Waals surface area contributed by atoms with Crippen LogP contribution < -0.4 is 5.32 Å². The number of nitrogens with one attached hydrogen (secondary N) is 1. The Labute approximate surface area is 155 Å². The van der Waals surface area contributed by atoms with E-state index in [1.807, 2.05) is 0 Å². The first-order valence-electron chi connectivity index (χ1n) is 8.77. The minimum absolute atomic E-state index is 0.217. The Bertz CT molecular complexity index is 789. The predicted molar refractivity (Wildman–Crippen MR) is 94.5 cm³/mol. The van der Waals surface area contributed by atoms with Crippen LogP contribution in [0.3, 0.4) is 0 Å². The lowest BCUT2D eigenvalue weighted by Gasteiger charge is -2.32. The number of carbonyl (C=O) groups is 1. The van der Waals surface area contributed by atoms with E-state index in [1.54, 1.807) is 12.1 Å². The Hall–Kier alpha value is -2.41. The fourth-order valence-corrected chi connectivity index (χ4v) is 3.34. The van der Waals surface area contributed by atoms with E-state index in [0.29, 0.717) is 19.5 Å². The molecule has 0 spiro atoms. The fraction of sp³-hybridized carbons (Fsp3) is 0.350. The Morgan fingerprint density at radius 2 is 1.81 bits per heavy atom. The number of carbonyl (C=O) groups excluding carboxylic acids is 1. The predicted octanol–water partition coefficient (Wildman–Crippen LogP) is 4.70. The van der Waals surface area contributed by atoms with Gasteiger partial charge in [0, 0.05) is 13.1 Å². The molecule has 144 valence electrons. The van der Waals surface area contributed by atoms with Crippen LogP contribution >= 0.6 is 0 Å². The average Bonchev–Trinajstić information content (AvgIpc) is 2.63. The zero-order valence-electron chi connectivity index (χ0n) is 14.6. The summed E-state index contributed by atoms with van der Waals surface area (Å²) in [7, 11) is 0. The van der Waals surface area contributed by atoms with Gasteiger partial charge in [0.05, 0.1) is 17.2 Å². The fourth-order valence-electron chi connectivity index (χ4n) is 3.34. The molecule has 0 aliphatic carbocycles. The molecule has 1 aliphatic heterocycles. The van der Waals surface area contributed by atoms with Crippen LogP contribution in [0.15, 0.2) is 48.5 Å². The highest BCUT2D eigenvalue weighted by Crippen LogP contribution is 2.35. The number of hydrogen-bond acceptors (Lipinski definition) is 2. The number of benzene rings is 2. The Morgan fingerprint density at radius 3 is 2.52 bits per heavy atom. The van der Waals surface area contributed by atoms with E-state index < -0.39 is 17.6 Å². The summed E-state index contributed by atoms with van der Waals surface area (Å²) in [5.41, 5.74) is -0.136. The van der Waals surface area contributed by atoms with E-state index in [1.165, 1.54) is 30.3 Å². The molecular formula is C20H20F4N2O. The molecule has 3 nitrogen and oxygen atoms in total. The molecule has 0 bridgehead atoms. The first kappa shape index (κ1) is 19.4. The standard InChI is InChI=1S/C20H20F4N2O/c21-16-9-7-14(8-10-16)12-26-11-3-4-15(13-26)19(27)25-18-6-2-1-5-17(18)20(22,23)24/h1-2,5-10,15H,3-4,11-13H2,(H,25,27)/t15-/m0/s1. The van der Waals surface area contributed by atoms with E-state index in [4.69, 9.17) is 0 Å². The smallest absolute Gasteiger partial charge is 0.325 e. The quantitative estimate of drug-likeness (QED) is 0.780. The summed E-state index contributed by atoms with van der Waals surface area (Å²) < 4.78 is 52.3. The maximum Gasteiger partial charge on any atom is 0.418 e. The number of para-hydroxylation sites is 1. The van der Waals surface area contributed by atoms with Gasteiger partial charge in [-0.3, -0.25) is 9.69 Å². The maximum absolute atomic E-state index is 13.1. The van der Waals surface area contributed by atoms with Crippen molar-refractivity contribution in [1.29, 1.82) is 0 Å². The van der Waals surface area contributed by atoms with E-state index in [9.17, 15) is 22.4 Å². The Balaban J connectivity index is 1.64. The molecule has 7 heteroatoms. The molecule has 0 radical (unpaired) electrons. The molecule has 1 aliphatic rings. The lowest BCUT2D eigenvalue weighted by Crippen LogP contribution is -2.40. The number of alkyl halides is 3. The molecule has 0 aromatic heterocycles. The average molecular weight is 380 g/mol. The summed E-state index contributed by atoms with van der Waals surface area (Å²) in [6, 6.07) is 11.1. The molecule has 1 fully saturated rings. The first-order valence-corrected chi connectivity index (χ1v) is 8.77. The van der Waals surface area contributed by atoms with Gasteiger partial charge in [0.2, 0.25) is 5.91 Å². The molecule has 1 heterocycles. The van der Waals surface area contributed by atoms with E-state index in [2.05, 4.69) is 10.2 Å². The van der Waals surface area contributed by atoms with Gasteiger partial charge in [-0.15, -0.1) is 0 Å². The van der Waals surface area contributed by atoms with Crippen LogP contribution in [0.4, 0.5) is 23.2 Å². The number of piperidine rings is 1. The zero-order valence-corrected chi connectivity index (χ0v) is 14.6. The van der Waals surface area contributed by atoms with E-state index >= 15 is 0 Å². The summed E-state index contributed by atoms with van der Waals surface area (Å²) in [6.45, 7) is 1.82. The molecule has 1 amide bonds. The summed E-state index contributed by atoms with van der Waals surface area (Å²) in [5.74, 6) is -1.10. The lowest BCUT2D eigenvalue weighted by molar-refractivity contribution is -0.137. The van der Waals surface area contributed by atoms with Crippen molar-refractivity contribution in [3.63, 3.8) is 0 Å². The van der Waals surface area contributed by atoms with Crippen LogP contribution in [-0.4, -0.2) is 23.9 Å². The number of rotatable bonds is 4. The molecular weight excluding hydrogens is 360 g/mol. The second-order valence-electron chi connectivity index (χ2n) is 6.73. The van der Waals surface area contributed by atoms with Crippen LogP contribution in [0.25, 0.3) is 0 Å². The van der Waals surface area contributed by atoms with Crippen molar-refractivity contribution < 1.29 is 22.4 Å². The zero-order chi connectivity index (χ0) is 19.4. The van der Waals surface area contributed by atoms with Gasteiger partial charge in [-0.25, -0.2) is 4.39 Å². The minimum atomic E-state index is -4.52. The van der Waals surface area contributed by atoms with Crippen molar-refractivity contribution in [3.05, 3.63) is 65.5 Å². The summed E-state index contributed by atoms with van der Waals surface area (Å²) in [4.78, 5) is 14.6. The van der Waals surface area contributed by atoms with Gasteiger partial charge in [0.25, 0.3) is 0 Å². The summed E-state index contributed by atoms with van der Waals surface area (Å²) in [6.07, 6.45) is -3.12. The number of anilines is 1. The van der Waals surface area contributed by atoms with Crippen LogP contribution in [0.1, 0.15) is 24.0 Å². The van der Waals surface area contributed by atoms with Crippen LogP contribution in [0, 0.1) is 11.7 Å². The van der Waals surface area contributed by atoms with Crippen LogP contribution in [0.2, 0.25) is 0 Å². The molecule has 27 heavy (non-hydrogen) atoms. The van der Waals surface area contributed by atoms with Crippen molar-refractivity contribution in [2.75, 3.05) is 18.4 Å². The number of hydrogen-bond donors (Lipinski definition) is 1. The Morgan fingerprint density at radius 1 is 1.11 bits per heavy atom. The third kappa shape index (κ3) is 5.07. The van der Waals surface area contributed by atoms with Gasteiger partial charge in [-0.2, -0.15) is 13.2 Å². The number of likely N-dealkylation sites (tertiary alicyclic amines) is 1. The van der Waals surface area contributed by atoms with Gasteiger partial charge in [0.15, 0.2) is 0 Å². The lowest BCUT2D eigenvalue weighted by atomic mass is 9.96. The van der Waals surface area contributed by atoms with Gasteiger partial charge in [-0.05, 0) is 49.2 Å². The summed E-state index contributed by atoms with van der Waals surface area (Å²) in [5, 5.41) is 2.44. The van der Waals surface area contributed by atoms with E-state index in [-0.39, 0.29) is 17.4 Å². The minimum Gasteiger partial charge on any atom is -0.325 e. The SMILES string of the molecule is O=C(Nc1ccccc1C(F)(F)F)[C@H]1CCCN(Cc2ccc(F)cc2)C1. The highest BCUT2D eigenvalue weighted by molar-refractivity contribution is 5.93. The molecule has 3 rings (SSSR count). The Kier molecular flexibility index (Phi) is 5.79. The van der Waals surface area contributed by atoms with Crippen molar-refractivity contribution in [1.82, 2.24) is 4.90 Å². The number of halogens is 4. The number of amides is 1. The first-order chi connectivity index (χ1) is 12.8. The molecule has 2 aromatic carbocycles. The maximum atomic E-state index is 13.1. The van der Waals surface area contributed by atoms with E-state index in [0.717, 1.165) is 24.6 Å². The largest absolute Gasteiger partial charge is 0.418 e. The van der Waals surface area contributed by atoms with Gasteiger partial charge >= 0.3 is 6.18 Å². The molecule has 1 N–H and O–H groups in total. The third-order valence-corrected chi connectivity index (χ3v) is 4.69. The highest BCUT2D eigenvalue weighted by atomic mass is 19.4. The molecule has 1 saturated heterocycles. The van der Waals surface area contributed by atoms with Crippen molar-refractivity contribution >= 4 is 11.6 Å². The molecule has 1 atom stereocenters. The second-order valence-corrected chi connectivity index (χ2v) is 6.73. The molecule has 0 saturated carbocycles. The monoisotopic (exact) mass is 380 g/mol. The summed E-state index contributed by atoms with van der Waals surface area (Å²) >= 11 is 0.